The van der Waals surface area contributed by atoms with E-state index < -0.39 is 0 Å². The zero-order valence-corrected chi connectivity index (χ0v) is 7.91. The molecule has 0 fully saturated rings. The third-order valence-electron chi connectivity index (χ3n) is 1.92. The van der Waals surface area contributed by atoms with Crippen molar-refractivity contribution in [3.8, 4) is 0 Å². The van der Waals surface area contributed by atoms with Crippen LogP contribution in [0.4, 0.5) is 5.69 Å². The van der Waals surface area contributed by atoms with E-state index in [1.807, 2.05) is 18.2 Å². The first-order valence-corrected chi connectivity index (χ1v) is 4.18. The van der Waals surface area contributed by atoms with Crippen LogP contribution in [-0.2, 0) is 0 Å². The van der Waals surface area contributed by atoms with E-state index in [1.54, 1.807) is 0 Å². The molecule has 0 aliphatic heterocycles. The van der Waals surface area contributed by atoms with E-state index >= 15 is 0 Å². The summed E-state index contributed by atoms with van der Waals surface area (Å²) in [7, 11) is 4.11. The number of anilines is 1. The molecule has 0 saturated carbocycles. The molecule has 0 saturated heterocycles. The molecule has 0 aromatic heterocycles. The van der Waals surface area contributed by atoms with Gasteiger partial charge in [0.25, 0.3) is 0 Å². The molecule has 0 radical (unpaired) electrons. The van der Waals surface area contributed by atoms with Crippen LogP contribution in [0, 0.1) is 0 Å². The largest absolute Gasteiger partial charge is 0.370 e. The summed E-state index contributed by atoms with van der Waals surface area (Å²) < 4.78 is 0. The molecule has 1 aromatic rings. The fourth-order valence-corrected chi connectivity index (χ4v) is 0.905. The van der Waals surface area contributed by atoms with E-state index in [4.69, 9.17) is 0 Å². The van der Waals surface area contributed by atoms with E-state index in [9.17, 15) is 0 Å². The summed E-state index contributed by atoms with van der Waals surface area (Å²) in [6.07, 6.45) is 0.368. The zero-order valence-electron chi connectivity index (χ0n) is 7.91. The fourth-order valence-electron chi connectivity index (χ4n) is 0.905. The number of hydrogen-bond acceptors (Lipinski definition) is 2. The summed E-state index contributed by atoms with van der Waals surface area (Å²) in [4.78, 5) is 2.13. The normalized spacial score (nSPS) is 13.0. The van der Waals surface area contributed by atoms with Gasteiger partial charge in [-0.15, -0.1) is 0 Å². The minimum Gasteiger partial charge on any atom is -0.370 e. The molecule has 0 heterocycles. The number of nitrogens with one attached hydrogen (secondary N) is 1. The van der Waals surface area contributed by atoms with Gasteiger partial charge in [-0.05, 0) is 33.2 Å². The Morgan fingerprint density at radius 3 is 2.25 bits per heavy atom. The summed E-state index contributed by atoms with van der Waals surface area (Å²) >= 11 is 0. The molecule has 0 aliphatic carbocycles. The van der Waals surface area contributed by atoms with Crippen molar-refractivity contribution in [2.24, 2.45) is 0 Å². The molecule has 2 heteroatoms. The Hall–Kier alpha value is -1.02. The summed E-state index contributed by atoms with van der Waals surface area (Å²) in [6.45, 7) is 2.13. The van der Waals surface area contributed by atoms with Crippen LogP contribution in [0.5, 0.6) is 0 Å². The predicted octanol–water partition coefficient (Wildman–Crippen LogP) is 2.01. The van der Waals surface area contributed by atoms with Crippen LogP contribution in [0.15, 0.2) is 30.3 Å². The Kier molecular flexibility index (Phi) is 3.11. The van der Waals surface area contributed by atoms with Crippen LogP contribution in [-0.4, -0.2) is 25.2 Å². The quantitative estimate of drug-likeness (QED) is 0.687. The topological polar surface area (TPSA) is 15.3 Å². The number of nitrogens with zero attached hydrogens (tertiary/aromatic N) is 1. The van der Waals surface area contributed by atoms with Crippen LogP contribution in [0.1, 0.15) is 6.92 Å². The third-order valence-corrected chi connectivity index (χ3v) is 1.92. The molecule has 0 amide bonds. The minimum atomic E-state index is 0.368. The van der Waals surface area contributed by atoms with Crippen LogP contribution in [0.25, 0.3) is 0 Å². The summed E-state index contributed by atoms with van der Waals surface area (Å²) in [5.74, 6) is 0. The van der Waals surface area contributed by atoms with Gasteiger partial charge in [0, 0.05) is 5.69 Å². The van der Waals surface area contributed by atoms with Gasteiger partial charge in [-0.3, -0.25) is 4.90 Å². The standard InChI is InChI=1S/C10H16N2/c1-9(12(2)3)11-10-7-5-4-6-8-10/h4-9,11H,1-3H3. The highest BCUT2D eigenvalue weighted by atomic mass is 15.2. The molecule has 0 aliphatic rings. The third kappa shape index (κ3) is 2.55. The van der Waals surface area contributed by atoms with Gasteiger partial charge in [0.05, 0.1) is 6.17 Å². The molecular weight excluding hydrogens is 148 g/mol. The molecule has 66 valence electrons. The summed E-state index contributed by atoms with van der Waals surface area (Å²) in [6, 6.07) is 10.2. The predicted molar refractivity (Wildman–Crippen MR) is 53.2 cm³/mol. The lowest BCUT2D eigenvalue weighted by Crippen LogP contribution is -2.31. The highest BCUT2D eigenvalue weighted by Crippen LogP contribution is 2.07. The Labute approximate surface area is 74.2 Å². The van der Waals surface area contributed by atoms with E-state index in [2.05, 4.69) is 43.4 Å². The second-order valence-electron chi connectivity index (χ2n) is 3.15. The molecule has 2 nitrogen and oxygen atoms in total. The molecule has 1 unspecified atom stereocenters. The van der Waals surface area contributed by atoms with Gasteiger partial charge < -0.3 is 5.32 Å². The highest BCUT2D eigenvalue weighted by Gasteiger charge is 2.01. The van der Waals surface area contributed by atoms with Gasteiger partial charge in [0.2, 0.25) is 0 Å². The SMILES string of the molecule is CC(Nc1ccccc1)N(C)C. The van der Waals surface area contributed by atoms with Gasteiger partial charge in [0.15, 0.2) is 0 Å². The van der Waals surface area contributed by atoms with Crippen molar-refractivity contribution in [1.82, 2.24) is 4.90 Å². The summed E-state index contributed by atoms with van der Waals surface area (Å²) in [5, 5.41) is 3.37. The van der Waals surface area contributed by atoms with E-state index in [1.165, 1.54) is 5.69 Å². The second-order valence-corrected chi connectivity index (χ2v) is 3.15. The number of benzene rings is 1. The van der Waals surface area contributed by atoms with E-state index in [-0.39, 0.29) is 0 Å². The molecule has 1 atom stereocenters. The number of rotatable bonds is 3. The van der Waals surface area contributed by atoms with Crippen molar-refractivity contribution in [2.75, 3.05) is 19.4 Å². The maximum atomic E-state index is 3.37. The molecule has 0 spiro atoms. The first-order chi connectivity index (χ1) is 5.70. The molecule has 12 heavy (non-hydrogen) atoms. The zero-order chi connectivity index (χ0) is 8.97. The maximum absolute atomic E-state index is 3.37. The summed E-state index contributed by atoms with van der Waals surface area (Å²) in [5.41, 5.74) is 1.17. The van der Waals surface area contributed by atoms with E-state index in [0.29, 0.717) is 6.17 Å². The molecule has 1 aromatic carbocycles. The smallest absolute Gasteiger partial charge is 0.0759 e. The lowest BCUT2D eigenvalue weighted by atomic mass is 10.3. The second kappa shape index (κ2) is 4.12. The Balaban J connectivity index is 2.53. The molecule has 0 bridgehead atoms. The molecule has 1 rings (SSSR count). The first kappa shape index (κ1) is 9.07. The van der Waals surface area contributed by atoms with Crippen molar-refractivity contribution < 1.29 is 0 Å². The maximum Gasteiger partial charge on any atom is 0.0759 e. The van der Waals surface area contributed by atoms with Gasteiger partial charge >= 0.3 is 0 Å². The van der Waals surface area contributed by atoms with E-state index in [0.717, 1.165) is 0 Å². The van der Waals surface area contributed by atoms with Gasteiger partial charge in [-0.25, -0.2) is 0 Å². The monoisotopic (exact) mass is 164 g/mol. The van der Waals surface area contributed by atoms with Crippen LogP contribution >= 0.6 is 0 Å². The first-order valence-electron chi connectivity index (χ1n) is 4.18. The number of para-hydroxylation sites is 1. The van der Waals surface area contributed by atoms with Gasteiger partial charge in [-0.1, -0.05) is 18.2 Å². The van der Waals surface area contributed by atoms with Crippen LogP contribution in [0.3, 0.4) is 0 Å². The van der Waals surface area contributed by atoms with Crippen LogP contribution in [0.2, 0.25) is 0 Å². The van der Waals surface area contributed by atoms with Gasteiger partial charge in [-0.2, -0.15) is 0 Å². The van der Waals surface area contributed by atoms with Crippen molar-refractivity contribution >= 4 is 5.69 Å². The van der Waals surface area contributed by atoms with Crippen molar-refractivity contribution in [3.63, 3.8) is 0 Å². The fraction of sp³-hybridized carbons (Fsp3) is 0.400. The molecular formula is C10H16N2. The Morgan fingerprint density at radius 2 is 1.75 bits per heavy atom. The molecule has 1 N–H and O–H groups in total. The Bertz CT molecular complexity index is 219. The highest BCUT2D eigenvalue weighted by molar-refractivity contribution is 5.42. The van der Waals surface area contributed by atoms with Crippen molar-refractivity contribution in [1.29, 1.82) is 0 Å². The minimum absolute atomic E-state index is 0.368. The lowest BCUT2D eigenvalue weighted by molar-refractivity contribution is 0.343. The average molecular weight is 164 g/mol. The average Bonchev–Trinajstić information content (AvgIpc) is 2.06. The lowest BCUT2D eigenvalue weighted by Gasteiger charge is -2.21. The van der Waals surface area contributed by atoms with Crippen molar-refractivity contribution in [2.45, 2.75) is 13.1 Å². The Morgan fingerprint density at radius 1 is 1.17 bits per heavy atom. The van der Waals surface area contributed by atoms with Crippen LogP contribution < -0.4 is 5.32 Å². The van der Waals surface area contributed by atoms with Crippen molar-refractivity contribution in [3.05, 3.63) is 30.3 Å². The van der Waals surface area contributed by atoms with Gasteiger partial charge in [0.1, 0.15) is 0 Å². The number of hydrogen-bond donors (Lipinski definition) is 1.